The average molecular weight is 341 g/mol. The van der Waals surface area contributed by atoms with Crippen LogP contribution in [0, 0.1) is 13.8 Å². The highest BCUT2D eigenvalue weighted by Gasteiger charge is 2.19. The highest BCUT2D eigenvalue weighted by Crippen LogP contribution is 2.31. The number of aromatic nitrogens is 1. The number of aryl methyl sites for hydroxylation is 2. The standard InChI is InChI=1S/C15H17ClN2O3S/c1-4-21-14-7-10(2)15(9-13(14)16)22(19,20)18-12-5-6-17-11(3)8-12/h5-9H,4H2,1-3H3,(H,17,18). The van der Waals surface area contributed by atoms with E-state index in [1.54, 1.807) is 38.2 Å². The zero-order chi connectivity index (χ0) is 16.3. The number of benzene rings is 1. The topological polar surface area (TPSA) is 68.3 Å². The van der Waals surface area contributed by atoms with Gasteiger partial charge in [-0.2, -0.15) is 0 Å². The summed E-state index contributed by atoms with van der Waals surface area (Å²) in [5, 5.41) is 0.263. The number of ether oxygens (including phenoxy) is 1. The molecule has 1 heterocycles. The Labute approximate surface area is 135 Å². The van der Waals surface area contributed by atoms with Gasteiger partial charge in [0.05, 0.1) is 22.2 Å². The summed E-state index contributed by atoms with van der Waals surface area (Å²) in [5.74, 6) is 0.473. The van der Waals surface area contributed by atoms with Crippen molar-refractivity contribution in [2.75, 3.05) is 11.3 Å². The summed E-state index contributed by atoms with van der Waals surface area (Å²) < 4.78 is 32.9. The van der Waals surface area contributed by atoms with Gasteiger partial charge in [-0.05, 0) is 50.6 Å². The first kappa shape index (κ1) is 16.6. The minimum atomic E-state index is -3.73. The largest absolute Gasteiger partial charge is 0.492 e. The van der Waals surface area contributed by atoms with Gasteiger partial charge in [-0.1, -0.05) is 11.6 Å². The zero-order valence-corrected chi connectivity index (χ0v) is 14.1. The Hall–Kier alpha value is -1.79. The molecule has 1 aromatic carbocycles. The maximum atomic E-state index is 12.5. The van der Waals surface area contributed by atoms with E-state index >= 15 is 0 Å². The quantitative estimate of drug-likeness (QED) is 0.903. The van der Waals surface area contributed by atoms with Crippen molar-refractivity contribution in [3.05, 3.63) is 46.7 Å². The Morgan fingerprint density at radius 3 is 2.64 bits per heavy atom. The minimum absolute atomic E-state index is 0.121. The molecule has 0 atom stereocenters. The number of hydrogen-bond acceptors (Lipinski definition) is 4. The Bertz CT molecular complexity index is 791. The summed E-state index contributed by atoms with van der Waals surface area (Å²) in [6.45, 7) is 5.78. The fraction of sp³-hybridized carbons (Fsp3) is 0.267. The van der Waals surface area contributed by atoms with Crippen molar-refractivity contribution in [2.24, 2.45) is 0 Å². The molecule has 1 aromatic heterocycles. The Morgan fingerprint density at radius 1 is 1.27 bits per heavy atom. The lowest BCUT2D eigenvalue weighted by Gasteiger charge is -2.13. The third-order valence-electron chi connectivity index (χ3n) is 2.97. The maximum Gasteiger partial charge on any atom is 0.262 e. The van der Waals surface area contributed by atoms with Crippen molar-refractivity contribution in [1.82, 2.24) is 4.98 Å². The van der Waals surface area contributed by atoms with Gasteiger partial charge in [-0.3, -0.25) is 9.71 Å². The molecule has 0 amide bonds. The van der Waals surface area contributed by atoms with Gasteiger partial charge in [-0.15, -0.1) is 0 Å². The van der Waals surface area contributed by atoms with Crippen molar-refractivity contribution >= 4 is 27.3 Å². The predicted molar refractivity (Wildman–Crippen MR) is 87.1 cm³/mol. The summed E-state index contributed by atoms with van der Waals surface area (Å²) in [7, 11) is -3.73. The second-order valence-corrected chi connectivity index (χ2v) is 6.83. The second-order valence-electron chi connectivity index (χ2n) is 4.77. The molecule has 0 spiro atoms. The second kappa shape index (κ2) is 6.54. The van der Waals surface area contributed by atoms with Gasteiger partial charge in [0.2, 0.25) is 0 Å². The first-order valence-corrected chi connectivity index (χ1v) is 8.58. The van der Waals surface area contributed by atoms with Gasteiger partial charge in [0.25, 0.3) is 10.0 Å². The van der Waals surface area contributed by atoms with Crippen LogP contribution in [0.15, 0.2) is 35.4 Å². The van der Waals surface area contributed by atoms with Crippen LogP contribution in [0.5, 0.6) is 5.75 Å². The number of rotatable bonds is 5. The number of sulfonamides is 1. The van der Waals surface area contributed by atoms with Gasteiger partial charge in [0.15, 0.2) is 0 Å². The van der Waals surface area contributed by atoms with Gasteiger partial charge in [0.1, 0.15) is 5.75 Å². The SMILES string of the molecule is CCOc1cc(C)c(S(=O)(=O)Nc2ccnc(C)c2)cc1Cl. The summed E-state index contributed by atoms with van der Waals surface area (Å²) in [4.78, 5) is 4.15. The number of hydrogen-bond donors (Lipinski definition) is 1. The molecule has 0 radical (unpaired) electrons. The van der Waals surface area contributed by atoms with Gasteiger partial charge >= 0.3 is 0 Å². The summed E-state index contributed by atoms with van der Waals surface area (Å²) in [6.07, 6.45) is 1.55. The summed E-state index contributed by atoms with van der Waals surface area (Å²) in [6, 6.07) is 6.27. The summed E-state index contributed by atoms with van der Waals surface area (Å²) in [5.41, 5.74) is 1.74. The van der Waals surface area contributed by atoms with E-state index < -0.39 is 10.0 Å². The molecule has 22 heavy (non-hydrogen) atoms. The molecular formula is C15H17ClN2O3S. The lowest BCUT2D eigenvalue weighted by Crippen LogP contribution is -2.14. The third kappa shape index (κ3) is 3.69. The molecule has 1 N–H and O–H groups in total. The normalized spacial score (nSPS) is 11.3. The van der Waals surface area contributed by atoms with Crippen LogP contribution in [0.4, 0.5) is 5.69 Å². The van der Waals surface area contributed by atoms with Crippen molar-refractivity contribution in [1.29, 1.82) is 0 Å². The first-order chi connectivity index (χ1) is 10.3. The van der Waals surface area contributed by atoms with Crippen LogP contribution in [-0.2, 0) is 10.0 Å². The molecule has 5 nitrogen and oxygen atoms in total. The number of nitrogens with one attached hydrogen (secondary N) is 1. The zero-order valence-electron chi connectivity index (χ0n) is 12.6. The number of halogens is 1. The molecule has 0 saturated heterocycles. The van der Waals surface area contributed by atoms with E-state index in [1.165, 1.54) is 6.07 Å². The van der Waals surface area contributed by atoms with E-state index in [1.807, 2.05) is 6.92 Å². The lowest BCUT2D eigenvalue weighted by molar-refractivity contribution is 0.340. The predicted octanol–water partition coefficient (Wildman–Crippen LogP) is 3.55. The van der Waals surface area contributed by atoms with E-state index in [0.717, 1.165) is 5.69 Å². The third-order valence-corrected chi connectivity index (χ3v) is 4.79. The van der Waals surface area contributed by atoms with E-state index in [9.17, 15) is 8.42 Å². The number of anilines is 1. The van der Waals surface area contributed by atoms with E-state index in [-0.39, 0.29) is 9.92 Å². The van der Waals surface area contributed by atoms with Gasteiger partial charge in [-0.25, -0.2) is 8.42 Å². The van der Waals surface area contributed by atoms with Crippen LogP contribution < -0.4 is 9.46 Å². The van der Waals surface area contributed by atoms with Crippen molar-refractivity contribution in [3.8, 4) is 5.75 Å². The highest BCUT2D eigenvalue weighted by molar-refractivity contribution is 7.92. The molecular weight excluding hydrogens is 324 g/mol. The van der Waals surface area contributed by atoms with Crippen LogP contribution in [0.3, 0.4) is 0 Å². The van der Waals surface area contributed by atoms with Crippen LogP contribution >= 0.6 is 11.6 Å². The smallest absolute Gasteiger partial charge is 0.262 e. The molecule has 2 aromatic rings. The van der Waals surface area contributed by atoms with E-state index in [2.05, 4.69) is 9.71 Å². The fourth-order valence-corrected chi connectivity index (χ4v) is 3.60. The molecule has 0 aliphatic heterocycles. The molecule has 0 saturated carbocycles. The Balaban J connectivity index is 2.39. The van der Waals surface area contributed by atoms with Gasteiger partial charge in [0, 0.05) is 11.9 Å². The summed E-state index contributed by atoms with van der Waals surface area (Å²) >= 11 is 6.09. The number of pyridine rings is 1. The minimum Gasteiger partial charge on any atom is -0.492 e. The van der Waals surface area contributed by atoms with Crippen molar-refractivity contribution in [3.63, 3.8) is 0 Å². The van der Waals surface area contributed by atoms with Crippen LogP contribution in [0.2, 0.25) is 5.02 Å². The average Bonchev–Trinajstić information content (AvgIpc) is 2.42. The Morgan fingerprint density at radius 2 is 2.00 bits per heavy atom. The highest BCUT2D eigenvalue weighted by atomic mass is 35.5. The Kier molecular flexibility index (Phi) is 4.93. The number of nitrogens with zero attached hydrogens (tertiary/aromatic N) is 1. The molecule has 0 unspecified atom stereocenters. The lowest BCUT2D eigenvalue weighted by atomic mass is 10.2. The molecule has 7 heteroatoms. The monoisotopic (exact) mass is 340 g/mol. The molecule has 0 aliphatic rings. The van der Waals surface area contributed by atoms with Crippen molar-refractivity contribution in [2.45, 2.75) is 25.7 Å². The molecule has 2 rings (SSSR count). The van der Waals surface area contributed by atoms with Crippen LogP contribution in [0.25, 0.3) is 0 Å². The first-order valence-electron chi connectivity index (χ1n) is 6.72. The molecule has 0 fully saturated rings. The van der Waals surface area contributed by atoms with Crippen molar-refractivity contribution < 1.29 is 13.2 Å². The van der Waals surface area contributed by atoms with E-state index in [4.69, 9.17) is 16.3 Å². The van der Waals surface area contributed by atoms with Crippen LogP contribution in [-0.4, -0.2) is 20.0 Å². The maximum absolute atomic E-state index is 12.5. The fourth-order valence-electron chi connectivity index (χ4n) is 2.01. The van der Waals surface area contributed by atoms with Gasteiger partial charge < -0.3 is 4.74 Å². The molecule has 0 bridgehead atoms. The van der Waals surface area contributed by atoms with Crippen LogP contribution in [0.1, 0.15) is 18.2 Å². The molecule has 118 valence electrons. The molecule has 0 aliphatic carbocycles. The van der Waals surface area contributed by atoms with E-state index in [0.29, 0.717) is 23.6 Å².